The van der Waals surface area contributed by atoms with Crippen LogP contribution >= 0.6 is 0 Å². The summed E-state index contributed by atoms with van der Waals surface area (Å²) in [5.41, 5.74) is -0.737. The first-order valence-corrected chi connectivity index (χ1v) is 11.6. The minimum absolute atomic E-state index is 0.0718. The van der Waals surface area contributed by atoms with Gasteiger partial charge >= 0.3 is 0 Å². The van der Waals surface area contributed by atoms with E-state index >= 15 is 0 Å². The van der Waals surface area contributed by atoms with Crippen molar-refractivity contribution in [2.45, 2.75) is 31.3 Å². The summed E-state index contributed by atoms with van der Waals surface area (Å²) in [7, 11) is 0. The number of carbonyl (C=O) groups excluding carboxylic acids is 2. The molecule has 0 aromatic heterocycles. The predicted molar refractivity (Wildman–Crippen MR) is 118 cm³/mol. The number of aliphatic hydroxyl groups is 1. The second-order valence-electron chi connectivity index (χ2n) is 9.51. The zero-order valence-corrected chi connectivity index (χ0v) is 18.0. The molecular weight excluding hydrogens is 407 g/mol. The highest BCUT2D eigenvalue weighted by molar-refractivity contribution is 5.94. The zero-order valence-electron chi connectivity index (χ0n) is 18.0. The summed E-state index contributed by atoms with van der Waals surface area (Å²) in [5, 5.41) is 14.6. The Bertz CT molecular complexity index is 995. The van der Waals surface area contributed by atoms with E-state index in [4.69, 9.17) is 0 Å². The van der Waals surface area contributed by atoms with Gasteiger partial charge in [-0.25, -0.2) is 4.39 Å². The lowest BCUT2D eigenvalue weighted by Gasteiger charge is -2.33. The lowest BCUT2D eigenvalue weighted by atomic mass is 9.79. The number of fused-ring (bicyclic) bond motifs is 1. The van der Waals surface area contributed by atoms with Gasteiger partial charge in [-0.1, -0.05) is 55.3 Å². The fraction of sp³-hybridized carbons (Fsp3) is 0.462. The van der Waals surface area contributed by atoms with Gasteiger partial charge < -0.3 is 15.3 Å². The SMILES string of the molecule is O=C(c1ccccc1F)N1CC2C(CNC(=O)C(O)(c3ccccc3)C3CCCC3)[C@H]2C1. The van der Waals surface area contributed by atoms with E-state index in [0.29, 0.717) is 43.0 Å². The van der Waals surface area contributed by atoms with Gasteiger partial charge in [0.2, 0.25) is 0 Å². The minimum Gasteiger partial charge on any atom is -0.375 e. The molecule has 2 amide bonds. The second-order valence-corrected chi connectivity index (χ2v) is 9.51. The van der Waals surface area contributed by atoms with Crippen LogP contribution in [0.25, 0.3) is 0 Å². The predicted octanol–water partition coefficient (Wildman–Crippen LogP) is 3.34. The molecule has 2 aromatic rings. The first-order chi connectivity index (χ1) is 15.5. The van der Waals surface area contributed by atoms with Crippen LogP contribution in [0.4, 0.5) is 4.39 Å². The number of benzene rings is 2. The van der Waals surface area contributed by atoms with Gasteiger partial charge in [-0.3, -0.25) is 9.59 Å². The number of hydrogen-bond donors (Lipinski definition) is 2. The van der Waals surface area contributed by atoms with Gasteiger partial charge in [-0.2, -0.15) is 0 Å². The largest absolute Gasteiger partial charge is 0.375 e. The Kier molecular flexibility index (Phi) is 5.49. The number of halogens is 1. The first kappa shape index (κ1) is 21.1. The molecule has 0 bridgehead atoms. The maximum Gasteiger partial charge on any atom is 0.256 e. The number of hydrogen-bond acceptors (Lipinski definition) is 3. The van der Waals surface area contributed by atoms with Crippen molar-refractivity contribution in [2.75, 3.05) is 19.6 Å². The third-order valence-electron chi connectivity index (χ3n) is 7.77. The Morgan fingerprint density at radius 2 is 1.62 bits per heavy atom. The van der Waals surface area contributed by atoms with Crippen LogP contribution in [-0.4, -0.2) is 41.5 Å². The molecule has 1 aliphatic heterocycles. The van der Waals surface area contributed by atoms with Crippen molar-refractivity contribution in [1.82, 2.24) is 10.2 Å². The molecule has 3 aliphatic rings. The highest BCUT2D eigenvalue weighted by Crippen LogP contribution is 2.51. The van der Waals surface area contributed by atoms with Crippen molar-refractivity contribution in [3.63, 3.8) is 0 Å². The number of rotatable bonds is 6. The molecule has 2 N–H and O–H groups in total. The van der Waals surface area contributed by atoms with Gasteiger partial charge in [0.05, 0.1) is 5.56 Å². The van der Waals surface area contributed by atoms with Crippen molar-refractivity contribution < 1.29 is 19.1 Å². The number of amides is 2. The number of nitrogens with one attached hydrogen (secondary N) is 1. The van der Waals surface area contributed by atoms with Gasteiger partial charge in [0.25, 0.3) is 11.8 Å². The summed E-state index contributed by atoms with van der Waals surface area (Å²) >= 11 is 0. The van der Waals surface area contributed by atoms with Crippen LogP contribution in [0, 0.1) is 29.5 Å². The molecule has 3 fully saturated rings. The van der Waals surface area contributed by atoms with Crippen LogP contribution in [-0.2, 0) is 10.4 Å². The van der Waals surface area contributed by atoms with Crippen LogP contribution in [0.15, 0.2) is 54.6 Å². The molecule has 0 spiro atoms. The third-order valence-corrected chi connectivity index (χ3v) is 7.77. The molecule has 5 rings (SSSR count). The van der Waals surface area contributed by atoms with Crippen LogP contribution in [0.5, 0.6) is 0 Å². The molecule has 0 radical (unpaired) electrons. The fourth-order valence-electron chi connectivity index (χ4n) is 5.86. The van der Waals surface area contributed by atoms with E-state index in [1.54, 1.807) is 17.0 Å². The topological polar surface area (TPSA) is 69.6 Å². The molecule has 1 saturated heterocycles. The van der Waals surface area contributed by atoms with E-state index in [1.165, 1.54) is 12.1 Å². The molecule has 2 saturated carbocycles. The number of carbonyl (C=O) groups is 2. The lowest BCUT2D eigenvalue weighted by Crippen LogP contribution is -2.49. The summed E-state index contributed by atoms with van der Waals surface area (Å²) < 4.78 is 13.9. The van der Waals surface area contributed by atoms with Crippen LogP contribution in [0.1, 0.15) is 41.6 Å². The highest BCUT2D eigenvalue weighted by Gasteiger charge is 2.57. The Morgan fingerprint density at radius 3 is 2.28 bits per heavy atom. The normalized spacial score (nSPS) is 26.4. The van der Waals surface area contributed by atoms with Gasteiger partial charge in [0, 0.05) is 25.6 Å². The smallest absolute Gasteiger partial charge is 0.256 e. The number of piperidine rings is 1. The Morgan fingerprint density at radius 1 is 1.00 bits per heavy atom. The maximum absolute atomic E-state index is 13.9. The van der Waals surface area contributed by atoms with Crippen molar-refractivity contribution >= 4 is 11.8 Å². The van der Waals surface area contributed by atoms with Crippen LogP contribution in [0.2, 0.25) is 0 Å². The van der Waals surface area contributed by atoms with Gasteiger partial charge in [-0.15, -0.1) is 0 Å². The summed E-state index contributed by atoms with van der Waals surface area (Å²) in [6.45, 7) is 1.67. The summed E-state index contributed by atoms with van der Waals surface area (Å²) in [4.78, 5) is 27.6. The van der Waals surface area contributed by atoms with Crippen LogP contribution < -0.4 is 5.32 Å². The van der Waals surface area contributed by atoms with Crippen molar-refractivity contribution in [2.24, 2.45) is 23.7 Å². The molecule has 6 heteroatoms. The monoisotopic (exact) mass is 436 g/mol. The van der Waals surface area contributed by atoms with Gasteiger partial charge in [0.1, 0.15) is 5.82 Å². The molecular formula is C26H29FN2O3. The zero-order chi connectivity index (χ0) is 22.3. The lowest BCUT2D eigenvalue weighted by molar-refractivity contribution is -0.147. The first-order valence-electron chi connectivity index (χ1n) is 11.6. The molecule has 3 unspecified atom stereocenters. The molecule has 2 aromatic carbocycles. The van der Waals surface area contributed by atoms with Crippen molar-refractivity contribution in [3.05, 3.63) is 71.5 Å². The highest BCUT2D eigenvalue weighted by atomic mass is 19.1. The molecule has 4 atom stereocenters. The van der Waals surface area contributed by atoms with Gasteiger partial charge in [-0.05, 0) is 48.3 Å². The number of likely N-dealkylation sites (tertiary alicyclic amines) is 1. The Labute approximate surface area is 187 Å². The average molecular weight is 437 g/mol. The second kappa shape index (κ2) is 8.32. The summed E-state index contributed by atoms with van der Waals surface area (Å²) in [5.74, 6) is -0.207. The van der Waals surface area contributed by atoms with Crippen molar-refractivity contribution in [3.8, 4) is 0 Å². The number of nitrogens with zero attached hydrogens (tertiary/aromatic N) is 1. The van der Waals surface area contributed by atoms with E-state index < -0.39 is 11.4 Å². The standard InChI is InChI=1S/C26H29FN2O3/c27-23-13-7-6-12-19(23)24(30)29-15-21-20(22(21)16-29)14-28-25(31)26(32,18-10-4-5-11-18)17-8-2-1-3-9-17/h1-3,6-9,12-13,18,20-22,32H,4-5,10-11,14-16H2,(H,28,31)/t20?,21-,22?,26?/m1/s1. The molecule has 32 heavy (non-hydrogen) atoms. The van der Waals surface area contributed by atoms with Gasteiger partial charge in [0.15, 0.2) is 5.60 Å². The molecule has 5 nitrogen and oxygen atoms in total. The Balaban J connectivity index is 1.20. The fourth-order valence-corrected chi connectivity index (χ4v) is 5.86. The molecule has 168 valence electrons. The van der Waals surface area contributed by atoms with E-state index in [-0.39, 0.29) is 23.3 Å². The van der Waals surface area contributed by atoms with Crippen LogP contribution in [0.3, 0.4) is 0 Å². The average Bonchev–Trinajstić information content (AvgIpc) is 3.23. The third kappa shape index (κ3) is 3.60. The van der Waals surface area contributed by atoms with Crippen molar-refractivity contribution in [1.29, 1.82) is 0 Å². The summed E-state index contributed by atoms with van der Waals surface area (Å²) in [6.07, 6.45) is 3.76. The van der Waals surface area contributed by atoms with E-state index in [2.05, 4.69) is 5.32 Å². The quantitative estimate of drug-likeness (QED) is 0.730. The Hall–Kier alpha value is -2.73. The maximum atomic E-state index is 13.9. The van der Waals surface area contributed by atoms with E-state index in [9.17, 15) is 19.1 Å². The minimum atomic E-state index is -1.51. The van der Waals surface area contributed by atoms with E-state index in [0.717, 1.165) is 25.7 Å². The molecule has 2 aliphatic carbocycles. The summed E-state index contributed by atoms with van der Waals surface area (Å²) in [6, 6.07) is 15.3. The molecule has 1 heterocycles. The van der Waals surface area contributed by atoms with E-state index in [1.807, 2.05) is 30.3 Å².